The third-order valence-corrected chi connectivity index (χ3v) is 2.69. The first-order valence-corrected chi connectivity index (χ1v) is 5.62. The van der Waals surface area contributed by atoms with E-state index in [0.717, 1.165) is 12.2 Å². The van der Waals surface area contributed by atoms with E-state index in [-0.39, 0.29) is 5.78 Å². The lowest BCUT2D eigenvalue weighted by Gasteiger charge is -1.97. The van der Waals surface area contributed by atoms with Crippen LogP contribution in [0.15, 0.2) is 47.4 Å². The van der Waals surface area contributed by atoms with Crippen LogP contribution in [0.2, 0.25) is 0 Å². The third kappa shape index (κ3) is 4.87. The molecule has 0 aliphatic heterocycles. The zero-order chi connectivity index (χ0) is 10.2. The molecule has 0 aromatic heterocycles. The first-order chi connectivity index (χ1) is 6.79. The molecule has 1 rings (SSSR count). The van der Waals surface area contributed by atoms with Crippen molar-refractivity contribution >= 4 is 17.5 Å². The molecule has 0 radical (unpaired) electrons. The molecule has 0 N–H and O–H groups in total. The number of benzene rings is 1. The smallest absolute Gasteiger partial charge is 0.152 e. The molecule has 2 heteroatoms. The number of hydrogen-bond acceptors (Lipinski definition) is 2. The van der Waals surface area contributed by atoms with Crippen LogP contribution in [0, 0.1) is 0 Å². The Labute approximate surface area is 89.2 Å². The molecule has 0 saturated carbocycles. The molecule has 0 saturated heterocycles. The van der Waals surface area contributed by atoms with E-state index in [4.69, 9.17) is 0 Å². The predicted octanol–water partition coefficient (Wildman–Crippen LogP) is 3.31. The molecule has 0 amide bonds. The van der Waals surface area contributed by atoms with Crippen LogP contribution < -0.4 is 0 Å². The van der Waals surface area contributed by atoms with E-state index >= 15 is 0 Å². The lowest BCUT2D eigenvalue weighted by atomic mass is 10.3. The Morgan fingerprint density at radius 1 is 1.36 bits per heavy atom. The van der Waals surface area contributed by atoms with Gasteiger partial charge in [-0.2, -0.15) is 0 Å². The van der Waals surface area contributed by atoms with Crippen molar-refractivity contribution in [3.8, 4) is 0 Å². The lowest BCUT2D eigenvalue weighted by Crippen LogP contribution is -1.81. The number of carbonyl (C=O) groups is 1. The second kappa shape index (κ2) is 6.44. The number of hydrogen-bond donors (Lipinski definition) is 0. The third-order valence-electron chi connectivity index (χ3n) is 1.65. The maximum atomic E-state index is 10.6. The predicted molar refractivity (Wildman–Crippen MR) is 61.6 cm³/mol. The Kier molecular flexibility index (Phi) is 5.08. The topological polar surface area (TPSA) is 17.1 Å². The van der Waals surface area contributed by atoms with Crippen molar-refractivity contribution in [2.45, 2.75) is 18.2 Å². The molecule has 1 aromatic rings. The minimum absolute atomic E-state index is 0.120. The molecule has 0 fully saturated rings. The molecule has 0 atom stereocenters. The van der Waals surface area contributed by atoms with E-state index in [1.807, 2.05) is 36.0 Å². The van der Waals surface area contributed by atoms with Gasteiger partial charge in [0.2, 0.25) is 0 Å². The average molecular weight is 206 g/mol. The normalized spacial score (nSPS) is 10.6. The van der Waals surface area contributed by atoms with Crippen LogP contribution in [0.25, 0.3) is 0 Å². The van der Waals surface area contributed by atoms with Crippen molar-refractivity contribution in [3.63, 3.8) is 0 Å². The summed E-state index contributed by atoms with van der Waals surface area (Å²) in [4.78, 5) is 11.9. The standard InChI is InChI=1S/C12H14OS/c1-11(13)7-5-6-10-14-12-8-3-2-4-9-12/h2-5,7-9H,6,10H2,1H3. The monoisotopic (exact) mass is 206 g/mol. The number of carbonyl (C=O) groups excluding carboxylic acids is 1. The first-order valence-electron chi connectivity index (χ1n) is 4.64. The van der Waals surface area contributed by atoms with Crippen LogP contribution in [0.4, 0.5) is 0 Å². The zero-order valence-corrected chi connectivity index (χ0v) is 9.09. The van der Waals surface area contributed by atoms with Crippen molar-refractivity contribution in [1.82, 2.24) is 0 Å². The van der Waals surface area contributed by atoms with Gasteiger partial charge in [-0.1, -0.05) is 24.3 Å². The fourth-order valence-corrected chi connectivity index (χ4v) is 1.85. The summed E-state index contributed by atoms with van der Waals surface area (Å²) in [5.41, 5.74) is 0. The number of allylic oxidation sites excluding steroid dienone is 2. The second-order valence-electron chi connectivity index (χ2n) is 2.96. The van der Waals surface area contributed by atoms with Crippen molar-refractivity contribution in [2.75, 3.05) is 5.75 Å². The van der Waals surface area contributed by atoms with Gasteiger partial charge in [0.1, 0.15) is 0 Å². The highest BCUT2D eigenvalue weighted by Crippen LogP contribution is 2.17. The van der Waals surface area contributed by atoms with E-state index in [1.54, 1.807) is 13.0 Å². The zero-order valence-electron chi connectivity index (χ0n) is 8.27. The summed E-state index contributed by atoms with van der Waals surface area (Å²) in [6.07, 6.45) is 4.50. The molecule has 0 aliphatic carbocycles. The summed E-state index contributed by atoms with van der Waals surface area (Å²) >= 11 is 1.81. The summed E-state index contributed by atoms with van der Waals surface area (Å²) in [7, 11) is 0. The number of thioether (sulfide) groups is 1. The largest absolute Gasteiger partial charge is 0.295 e. The Morgan fingerprint density at radius 2 is 2.07 bits per heavy atom. The Morgan fingerprint density at radius 3 is 2.71 bits per heavy atom. The van der Waals surface area contributed by atoms with Gasteiger partial charge in [-0.05, 0) is 31.6 Å². The quantitative estimate of drug-likeness (QED) is 0.417. The van der Waals surface area contributed by atoms with Crippen LogP contribution in [0.5, 0.6) is 0 Å². The van der Waals surface area contributed by atoms with Crippen molar-refractivity contribution in [2.24, 2.45) is 0 Å². The molecule has 14 heavy (non-hydrogen) atoms. The molecule has 0 aliphatic rings. The van der Waals surface area contributed by atoms with Gasteiger partial charge in [0, 0.05) is 10.6 Å². The maximum absolute atomic E-state index is 10.6. The van der Waals surface area contributed by atoms with E-state index in [2.05, 4.69) is 12.1 Å². The van der Waals surface area contributed by atoms with E-state index in [0.29, 0.717) is 0 Å². The molecular weight excluding hydrogens is 192 g/mol. The van der Waals surface area contributed by atoms with E-state index in [9.17, 15) is 4.79 Å². The maximum Gasteiger partial charge on any atom is 0.152 e. The minimum atomic E-state index is 0.120. The van der Waals surface area contributed by atoms with Crippen LogP contribution >= 0.6 is 11.8 Å². The molecule has 0 unspecified atom stereocenters. The van der Waals surface area contributed by atoms with Crippen molar-refractivity contribution in [1.29, 1.82) is 0 Å². The minimum Gasteiger partial charge on any atom is -0.295 e. The molecule has 1 nitrogen and oxygen atoms in total. The van der Waals surface area contributed by atoms with Crippen molar-refractivity contribution in [3.05, 3.63) is 42.5 Å². The fourth-order valence-electron chi connectivity index (χ4n) is 1.01. The van der Waals surface area contributed by atoms with E-state index in [1.165, 1.54) is 4.90 Å². The lowest BCUT2D eigenvalue weighted by molar-refractivity contribution is -0.112. The number of ketones is 1. The molecule has 1 aromatic carbocycles. The molecule has 0 heterocycles. The van der Waals surface area contributed by atoms with Gasteiger partial charge in [0.05, 0.1) is 0 Å². The highest BCUT2D eigenvalue weighted by atomic mass is 32.2. The summed E-state index contributed by atoms with van der Waals surface area (Å²) < 4.78 is 0. The van der Waals surface area contributed by atoms with Crippen LogP contribution in [-0.2, 0) is 4.79 Å². The van der Waals surface area contributed by atoms with Crippen LogP contribution in [-0.4, -0.2) is 11.5 Å². The van der Waals surface area contributed by atoms with Gasteiger partial charge >= 0.3 is 0 Å². The van der Waals surface area contributed by atoms with Gasteiger partial charge in [-0.3, -0.25) is 4.79 Å². The van der Waals surface area contributed by atoms with Crippen molar-refractivity contribution < 1.29 is 4.79 Å². The number of rotatable bonds is 5. The summed E-state index contributed by atoms with van der Waals surface area (Å²) in [5.74, 6) is 1.14. The Balaban J connectivity index is 2.19. The molecule has 0 bridgehead atoms. The summed E-state index contributed by atoms with van der Waals surface area (Å²) in [6.45, 7) is 1.57. The second-order valence-corrected chi connectivity index (χ2v) is 4.13. The van der Waals surface area contributed by atoms with Gasteiger partial charge in [0.15, 0.2) is 5.78 Å². The molecule has 0 spiro atoms. The van der Waals surface area contributed by atoms with Gasteiger partial charge in [-0.25, -0.2) is 0 Å². The molecule has 74 valence electrons. The van der Waals surface area contributed by atoms with Gasteiger partial charge in [0.25, 0.3) is 0 Å². The Bertz CT molecular complexity index is 303. The van der Waals surface area contributed by atoms with Crippen LogP contribution in [0.3, 0.4) is 0 Å². The highest BCUT2D eigenvalue weighted by molar-refractivity contribution is 7.99. The van der Waals surface area contributed by atoms with E-state index < -0.39 is 0 Å². The first kappa shape index (κ1) is 11.1. The van der Waals surface area contributed by atoms with Gasteiger partial charge in [-0.15, -0.1) is 11.8 Å². The van der Waals surface area contributed by atoms with Gasteiger partial charge < -0.3 is 0 Å². The average Bonchev–Trinajstić information content (AvgIpc) is 2.18. The summed E-state index contributed by atoms with van der Waals surface area (Å²) in [5, 5.41) is 0. The SMILES string of the molecule is CC(=O)C=CCCSc1ccccc1. The Hall–Kier alpha value is -1.02. The molecular formula is C12H14OS. The highest BCUT2D eigenvalue weighted by Gasteiger charge is 1.90. The fraction of sp³-hybridized carbons (Fsp3) is 0.250. The summed E-state index contributed by atoms with van der Waals surface area (Å²) in [6, 6.07) is 10.3. The van der Waals surface area contributed by atoms with Crippen LogP contribution in [0.1, 0.15) is 13.3 Å².